The van der Waals surface area contributed by atoms with E-state index in [0.29, 0.717) is 12.5 Å². The van der Waals surface area contributed by atoms with Crippen LogP contribution < -0.4 is 4.90 Å². The largest absolute Gasteiger partial charge is 0.392 e. The molecule has 1 atom stereocenters. The monoisotopic (exact) mass is 245 g/mol. The molecule has 0 saturated heterocycles. The van der Waals surface area contributed by atoms with Crippen LogP contribution in [0.2, 0.25) is 0 Å². The van der Waals surface area contributed by atoms with Crippen molar-refractivity contribution in [2.24, 2.45) is 0 Å². The Hall–Kier alpha value is -0.680. The highest BCUT2D eigenvalue weighted by Gasteiger charge is 2.05. The van der Waals surface area contributed by atoms with E-state index < -0.39 is 0 Å². The smallest absolute Gasteiger partial charge is 0.225 e. The van der Waals surface area contributed by atoms with Gasteiger partial charge in [-0.3, -0.25) is 0 Å². The van der Waals surface area contributed by atoms with Crippen molar-refractivity contribution >= 4 is 21.9 Å². The van der Waals surface area contributed by atoms with Gasteiger partial charge in [0, 0.05) is 26.0 Å². The van der Waals surface area contributed by atoms with E-state index in [4.69, 9.17) is 5.11 Å². The molecular weight excluding hydrogens is 234 g/mol. The average Bonchev–Trinajstić information content (AvgIpc) is 2.04. The molecular formula is C8H12BrN3O. The third-order valence-corrected chi connectivity index (χ3v) is 1.90. The molecule has 5 heteroatoms. The maximum absolute atomic E-state index is 9.13. The van der Waals surface area contributed by atoms with E-state index in [-0.39, 0.29) is 6.10 Å². The van der Waals surface area contributed by atoms with Gasteiger partial charge in [0.1, 0.15) is 0 Å². The lowest BCUT2D eigenvalue weighted by atomic mass is 10.4. The van der Waals surface area contributed by atoms with Crippen LogP contribution in [0.4, 0.5) is 5.95 Å². The van der Waals surface area contributed by atoms with Gasteiger partial charge in [-0.25, -0.2) is 9.97 Å². The van der Waals surface area contributed by atoms with Crippen molar-refractivity contribution in [1.82, 2.24) is 9.97 Å². The van der Waals surface area contributed by atoms with Gasteiger partial charge in [0.2, 0.25) is 5.95 Å². The topological polar surface area (TPSA) is 49.2 Å². The Kier molecular flexibility index (Phi) is 3.62. The van der Waals surface area contributed by atoms with Gasteiger partial charge in [-0.1, -0.05) is 0 Å². The van der Waals surface area contributed by atoms with E-state index in [9.17, 15) is 0 Å². The molecule has 0 spiro atoms. The minimum absolute atomic E-state index is 0.378. The second-order valence-electron chi connectivity index (χ2n) is 2.93. The molecule has 0 amide bonds. The molecule has 1 rings (SSSR count). The summed E-state index contributed by atoms with van der Waals surface area (Å²) in [6, 6.07) is 0. The summed E-state index contributed by atoms with van der Waals surface area (Å²) in [7, 11) is 1.84. The van der Waals surface area contributed by atoms with Crippen LogP contribution in [0.25, 0.3) is 0 Å². The fourth-order valence-electron chi connectivity index (χ4n) is 0.981. The molecule has 0 aliphatic carbocycles. The minimum atomic E-state index is -0.378. The number of aliphatic hydroxyl groups is 1. The molecule has 0 aliphatic rings. The molecule has 0 radical (unpaired) electrons. The number of likely N-dealkylation sites (N-methyl/N-ethyl adjacent to an activating group) is 1. The Balaban J connectivity index is 2.66. The fraction of sp³-hybridized carbons (Fsp3) is 0.500. The maximum Gasteiger partial charge on any atom is 0.225 e. The predicted molar refractivity (Wildman–Crippen MR) is 54.7 cm³/mol. The SMILES string of the molecule is CC(O)CN(C)c1ncc(Br)cn1. The number of anilines is 1. The molecule has 0 bridgehead atoms. The van der Waals surface area contributed by atoms with Crippen molar-refractivity contribution in [1.29, 1.82) is 0 Å². The van der Waals surface area contributed by atoms with Crippen molar-refractivity contribution in [2.75, 3.05) is 18.5 Å². The number of rotatable bonds is 3. The van der Waals surface area contributed by atoms with Crippen molar-refractivity contribution < 1.29 is 5.11 Å². The number of halogens is 1. The number of nitrogens with zero attached hydrogens (tertiary/aromatic N) is 3. The van der Waals surface area contributed by atoms with Gasteiger partial charge in [-0.2, -0.15) is 0 Å². The number of aromatic nitrogens is 2. The van der Waals surface area contributed by atoms with Gasteiger partial charge in [0.05, 0.1) is 10.6 Å². The predicted octanol–water partition coefficient (Wildman–Crippen LogP) is 1.06. The van der Waals surface area contributed by atoms with E-state index in [1.165, 1.54) is 0 Å². The lowest BCUT2D eigenvalue weighted by molar-refractivity contribution is 0.201. The minimum Gasteiger partial charge on any atom is -0.392 e. The summed E-state index contributed by atoms with van der Waals surface area (Å²) in [4.78, 5) is 9.98. The molecule has 1 N–H and O–H groups in total. The first-order valence-corrected chi connectivity index (χ1v) is 4.75. The summed E-state index contributed by atoms with van der Waals surface area (Å²) in [5.41, 5.74) is 0. The Morgan fingerprint density at radius 3 is 2.54 bits per heavy atom. The molecule has 0 fully saturated rings. The standard InChI is InChI=1S/C8H12BrN3O/c1-6(13)5-12(2)8-10-3-7(9)4-11-8/h3-4,6,13H,5H2,1-2H3. The van der Waals surface area contributed by atoms with Gasteiger partial charge in [0.25, 0.3) is 0 Å². The molecule has 1 heterocycles. The van der Waals surface area contributed by atoms with Crippen LogP contribution in [0.3, 0.4) is 0 Å². The third-order valence-electron chi connectivity index (χ3n) is 1.49. The maximum atomic E-state index is 9.13. The first-order chi connectivity index (χ1) is 6.09. The van der Waals surface area contributed by atoms with E-state index >= 15 is 0 Å². The Bertz CT molecular complexity index is 263. The zero-order valence-electron chi connectivity index (χ0n) is 7.61. The van der Waals surface area contributed by atoms with Crippen LogP contribution in [0.1, 0.15) is 6.92 Å². The number of aliphatic hydroxyl groups excluding tert-OH is 1. The molecule has 0 saturated carbocycles. The third kappa shape index (κ3) is 3.28. The summed E-state index contributed by atoms with van der Waals surface area (Å²) < 4.78 is 0.849. The first-order valence-electron chi connectivity index (χ1n) is 3.96. The fourth-order valence-corrected chi connectivity index (χ4v) is 1.19. The van der Waals surface area contributed by atoms with Crippen molar-refractivity contribution in [2.45, 2.75) is 13.0 Å². The average molecular weight is 246 g/mol. The molecule has 72 valence electrons. The van der Waals surface area contributed by atoms with Crippen molar-refractivity contribution in [3.8, 4) is 0 Å². The molecule has 4 nitrogen and oxygen atoms in total. The molecule has 0 aliphatic heterocycles. The van der Waals surface area contributed by atoms with Gasteiger partial charge in [-0.05, 0) is 22.9 Å². The van der Waals surface area contributed by atoms with Crippen molar-refractivity contribution in [3.63, 3.8) is 0 Å². The molecule has 1 aromatic heterocycles. The van der Waals surface area contributed by atoms with Gasteiger partial charge < -0.3 is 10.0 Å². The number of hydrogen-bond acceptors (Lipinski definition) is 4. The summed E-state index contributed by atoms with van der Waals surface area (Å²) in [5, 5.41) is 9.13. The van der Waals surface area contributed by atoms with E-state index in [0.717, 1.165) is 4.47 Å². The van der Waals surface area contributed by atoms with Crippen LogP contribution in [0, 0.1) is 0 Å². The summed E-state index contributed by atoms with van der Waals surface area (Å²) in [6.45, 7) is 2.26. The van der Waals surface area contributed by atoms with Crippen LogP contribution in [-0.4, -0.2) is 34.8 Å². The molecule has 0 aromatic carbocycles. The Labute approximate surface area is 85.8 Å². The van der Waals surface area contributed by atoms with Crippen molar-refractivity contribution in [3.05, 3.63) is 16.9 Å². The highest BCUT2D eigenvalue weighted by molar-refractivity contribution is 9.10. The van der Waals surface area contributed by atoms with Crippen LogP contribution in [0.5, 0.6) is 0 Å². The molecule has 1 unspecified atom stereocenters. The summed E-state index contributed by atoms with van der Waals surface area (Å²) in [5.74, 6) is 0.615. The van der Waals surface area contributed by atoms with Gasteiger partial charge >= 0.3 is 0 Å². The summed E-state index contributed by atoms with van der Waals surface area (Å²) in [6.07, 6.45) is 2.99. The molecule has 13 heavy (non-hydrogen) atoms. The zero-order valence-corrected chi connectivity index (χ0v) is 9.19. The quantitative estimate of drug-likeness (QED) is 0.866. The lowest BCUT2D eigenvalue weighted by Crippen LogP contribution is -2.28. The Morgan fingerprint density at radius 2 is 2.08 bits per heavy atom. The van der Waals surface area contributed by atoms with Crippen LogP contribution in [0.15, 0.2) is 16.9 Å². The summed E-state index contributed by atoms with van der Waals surface area (Å²) >= 11 is 3.25. The van der Waals surface area contributed by atoms with E-state index in [1.54, 1.807) is 24.2 Å². The highest BCUT2D eigenvalue weighted by Crippen LogP contribution is 2.09. The van der Waals surface area contributed by atoms with E-state index in [2.05, 4.69) is 25.9 Å². The second-order valence-corrected chi connectivity index (χ2v) is 3.85. The lowest BCUT2D eigenvalue weighted by Gasteiger charge is -2.17. The first kappa shape index (κ1) is 10.4. The highest BCUT2D eigenvalue weighted by atomic mass is 79.9. The normalized spacial score (nSPS) is 12.6. The van der Waals surface area contributed by atoms with Gasteiger partial charge in [-0.15, -0.1) is 0 Å². The second kappa shape index (κ2) is 4.53. The Morgan fingerprint density at radius 1 is 1.54 bits per heavy atom. The van der Waals surface area contributed by atoms with Crippen LogP contribution in [-0.2, 0) is 0 Å². The zero-order chi connectivity index (χ0) is 9.84. The molecule has 1 aromatic rings. The number of hydrogen-bond donors (Lipinski definition) is 1. The van der Waals surface area contributed by atoms with Crippen LogP contribution >= 0.6 is 15.9 Å². The van der Waals surface area contributed by atoms with Gasteiger partial charge in [0.15, 0.2) is 0 Å². The van der Waals surface area contributed by atoms with E-state index in [1.807, 2.05) is 7.05 Å².